The summed E-state index contributed by atoms with van der Waals surface area (Å²) in [5.41, 5.74) is 2.20. The third-order valence-electron chi connectivity index (χ3n) is 5.70. The van der Waals surface area contributed by atoms with Gasteiger partial charge in [-0.05, 0) is 48.9 Å². The van der Waals surface area contributed by atoms with Crippen LogP contribution in [0.1, 0.15) is 22.8 Å². The van der Waals surface area contributed by atoms with E-state index in [2.05, 4.69) is 4.90 Å². The molecule has 2 aromatic carbocycles. The molecule has 0 atom stereocenters. The molecule has 1 aliphatic rings. The van der Waals surface area contributed by atoms with Crippen molar-refractivity contribution in [1.29, 1.82) is 0 Å². The van der Waals surface area contributed by atoms with E-state index < -0.39 is 9.84 Å². The van der Waals surface area contributed by atoms with Crippen LogP contribution in [0.15, 0.2) is 41.3 Å². The highest BCUT2D eigenvalue weighted by molar-refractivity contribution is 7.91. The fraction of sp³-hybridized carbons (Fsp3) is 0.391. The second-order valence-electron chi connectivity index (χ2n) is 7.90. The van der Waals surface area contributed by atoms with Gasteiger partial charge in [0.1, 0.15) is 0 Å². The lowest BCUT2D eigenvalue weighted by molar-refractivity contribution is 0.0391. The number of carbonyl (C=O) groups excluding carboxylic acids is 1. The first kappa shape index (κ1) is 24.1. The predicted octanol–water partition coefficient (Wildman–Crippen LogP) is 4.03. The summed E-state index contributed by atoms with van der Waals surface area (Å²) in [6.45, 7) is 7.70. The molecular formula is C23H26ClN3O4S2. The molecular weight excluding hydrogens is 482 g/mol. The summed E-state index contributed by atoms with van der Waals surface area (Å²) in [6.07, 6.45) is 0. The average Bonchev–Trinajstić information content (AvgIpc) is 3.24. The van der Waals surface area contributed by atoms with Crippen molar-refractivity contribution < 1.29 is 17.9 Å². The Hall–Kier alpha value is -2.04. The molecule has 1 aromatic heterocycles. The van der Waals surface area contributed by atoms with Gasteiger partial charge in [-0.2, -0.15) is 0 Å². The van der Waals surface area contributed by atoms with Crippen molar-refractivity contribution in [3.05, 3.63) is 52.5 Å². The van der Waals surface area contributed by atoms with Crippen molar-refractivity contribution in [2.75, 3.05) is 50.0 Å². The molecule has 1 saturated heterocycles. The number of morpholine rings is 1. The Morgan fingerprint density at radius 1 is 1.21 bits per heavy atom. The molecule has 10 heteroatoms. The first-order valence-corrected chi connectivity index (χ1v) is 13.6. The van der Waals surface area contributed by atoms with Crippen LogP contribution in [0.2, 0.25) is 5.02 Å². The topological polar surface area (TPSA) is 79.8 Å². The summed E-state index contributed by atoms with van der Waals surface area (Å²) in [7, 11) is -3.33. The highest BCUT2D eigenvalue weighted by atomic mass is 35.5. The summed E-state index contributed by atoms with van der Waals surface area (Å²) in [5, 5.41) is 1.23. The molecule has 0 N–H and O–H groups in total. The minimum absolute atomic E-state index is 0.0135. The second kappa shape index (κ2) is 10.1. The number of aryl methyl sites for hydroxylation is 1. The zero-order chi connectivity index (χ0) is 23.6. The number of nitrogens with zero attached hydrogens (tertiary/aromatic N) is 3. The fourth-order valence-electron chi connectivity index (χ4n) is 3.74. The molecule has 0 saturated carbocycles. The van der Waals surface area contributed by atoms with Crippen molar-refractivity contribution in [1.82, 2.24) is 9.88 Å². The number of sulfone groups is 1. The van der Waals surface area contributed by atoms with Gasteiger partial charge in [-0.25, -0.2) is 13.4 Å². The Balaban J connectivity index is 1.66. The van der Waals surface area contributed by atoms with Crippen LogP contribution in [-0.2, 0) is 14.6 Å². The molecule has 0 radical (unpaired) electrons. The number of amides is 1. The maximum Gasteiger partial charge on any atom is 0.260 e. The van der Waals surface area contributed by atoms with E-state index in [4.69, 9.17) is 21.3 Å². The fourth-order valence-corrected chi connectivity index (χ4v) is 6.06. The van der Waals surface area contributed by atoms with Crippen molar-refractivity contribution in [2.24, 2.45) is 0 Å². The van der Waals surface area contributed by atoms with Crippen LogP contribution >= 0.6 is 22.9 Å². The van der Waals surface area contributed by atoms with Crippen LogP contribution in [0, 0.1) is 6.92 Å². The van der Waals surface area contributed by atoms with E-state index in [-0.39, 0.29) is 16.6 Å². The largest absolute Gasteiger partial charge is 0.379 e. The monoisotopic (exact) mass is 507 g/mol. The first-order valence-electron chi connectivity index (χ1n) is 10.8. The third kappa shape index (κ3) is 5.38. The number of benzene rings is 2. The van der Waals surface area contributed by atoms with Crippen molar-refractivity contribution >= 4 is 54.0 Å². The van der Waals surface area contributed by atoms with Gasteiger partial charge in [0.05, 0.1) is 34.1 Å². The smallest absolute Gasteiger partial charge is 0.260 e. The Morgan fingerprint density at radius 3 is 2.58 bits per heavy atom. The number of ether oxygens (including phenoxy) is 1. The minimum Gasteiger partial charge on any atom is -0.379 e. The molecule has 33 heavy (non-hydrogen) atoms. The third-order valence-corrected chi connectivity index (χ3v) is 8.69. The molecule has 2 heterocycles. The number of aromatic nitrogens is 1. The lowest BCUT2D eigenvalue weighted by Gasteiger charge is -2.29. The standard InChI is InChI=1S/C23H26ClN3O4S2/c1-3-33(29,30)19-6-4-17(5-7-19)22(28)27(9-8-26-10-12-31-13-11-26)23-25-21-16(2)14-18(24)15-20(21)32-23/h4-7,14-15H,3,8-13H2,1-2H3. The Morgan fingerprint density at radius 2 is 1.91 bits per heavy atom. The Labute approximate surface area is 202 Å². The maximum atomic E-state index is 13.6. The van der Waals surface area contributed by atoms with Gasteiger partial charge in [0, 0.05) is 36.8 Å². The summed E-state index contributed by atoms with van der Waals surface area (Å²) in [4.78, 5) is 22.5. The molecule has 0 unspecified atom stereocenters. The van der Waals surface area contributed by atoms with E-state index in [1.54, 1.807) is 24.0 Å². The predicted molar refractivity (Wildman–Crippen MR) is 132 cm³/mol. The number of hydrogen-bond donors (Lipinski definition) is 0. The highest BCUT2D eigenvalue weighted by Gasteiger charge is 2.24. The molecule has 0 spiro atoms. The van der Waals surface area contributed by atoms with E-state index in [1.165, 1.54) is 23.5 Å². The van der Waals surface area contributed by atoms with Gasteiger partial charge in [-0.3, -0.25) is 14.6 Å². The van der Waals surface area contributed by atoms with E-state index in [0.717, 1.165) is 28.9 Å². The molecule has 1 aliphatic heterocycles. The van der Waals surface area contributed by atoms with E-state index in [1.807, 2.05) is 19.1 Å². The summed E-state index contributed by atoms with van der Waals surface area (Å²) >= 11 is 7.65. The number of carbonyl (C=O) groups is 1. The molecule has 1 fully saturated rings. The van der Waals surface area contributed by atoms with Gasteiger partial charge in [-0.15, -0.1) is 0 Å². The van der Waals surface area contributed by atoms with E-state index in [0.29, 0.717) is 42.0 Å². The Bertz CT molecular complexity index is 1250. The van der Waals surface area contributed by atoms with Gasteiger partial charge in [0.2, 0.25) is 0 Å². The Kier molecular flexibility index (Phi) is 7.35. The zero-order valence-electron chi connectivity index (χ0n) is 18.6. The second-order valence-corrected chi connectivity index (χ2v) is 11.6. The lowest BCUT2D eigenvalue weighted by Crippen LogP contribution is -2.43. The number of fused-ring (bicyclic) bond motifs is 1. The van der Waals surface area contributed by atoms with Gasteiger partial charge >= 0.3 is 0 Å². The van der Waals surface area contributed by atoms with Crippen molar-refractivity contribution in [2.45, 2.75) is 18.7 Å². The molecule has 0 aliphatic carbocycles. The van der Waals surface area contributed by atoms with Gasteiger partial charge in [0.25, 0.3) is 5.91 Å². The zero-order valence-corrected chi connectivity index (χ0v) is 21.0. The van der Waals surface area contributed by atoms with E-state index in [9.17, 15) is 13.2 Å². The number of rotatable bonds is 7. The van der Waals surface area contributed by atoms with Crippen LogP contribution in [-0.4, -0.2) is 69.4 Å². The molecule has 7 nitrogen and oxygen atoms in total. The minimum atomic E-state index is -3.33. The van der Waals surface area contributed by atoms with Crippen LogP contribution in [0.25, 0.3) is 10.2 Å². The van der Waals surface area contributed by atoms with Crippen LogP contribution in [0.3, 0.4) is 0 Å². The van der Waals surface area contributed by atoms with Crippen LogP contribution in [0.5, 0.6) is 0 Å². The van der Waals surface area contributed by atoms with Gasteiger partial charge in [0.15, 0.2) is 15.0 Å². The van der Waals surface area contributed by atoms with Crippen molar-refractivity contribution in [3.8, 4) is 0 Å². The molecule has 0 bridgehead atoms. The number of hydrogen-bond acceptors (Lipinski definition) is 7. The van der Waals surface area contributed by atoms with Gasteiger partial charge < -0.3 is 4.74 Å². The molecule has 3 aromatic rings. The summed E-state index contributed by atoms with van der Waals surface area (Å²) in [6, 6.07) is 9.85. The quantitative estimate of drug-likeness (QED) is 0.480. The number of anilines is 1. The normalized spacial score (nSPS) is 15.1. The molecule has 4 rings (SSSR count). The van der Waals surface area contributed by atoms with Gasteiger partial charge in [-0.1, -0.05) is 29.9 Å². The van der Waals surface area contributed by atoms with Crippen LogP contribution < -0.4 is 4.90 Å². The highest BCUT2D eigenvalue weighted by Crippen LogP contribution is 2.33. The lowest BCUT2D eigenvalue weighted by atomic mass is 10.2. The molecule has 1 amide bonds. The summed E-state index contributed by atoms with van der Waals surface area (Å²) in [5.74, 6) is -0.203. The van der Waals surface area contributed by atoms with Crippen molar-refractivity contribution in [3.63, 3.8) is 0 Å². The maximum absolute atomic E-state index is 13.6. The SMILES string of the molecule is CCS(=O)(=O)c1ccc(C(=O)N(CCN2CCOCC2)c2nc3c(C)cc(Cl)cc3s2)cc1. The molecule has 176 valence electrons. The average molecular weight is 508 g/mol. The van der Waals surface area contributed by atoms with Crippen LogP contribution in [0.4, 0.5) is 5.13 Å². The summed E-state index contributed by atoms with van der Waals surface area (Å²) < 4.78 is 30.6. The number of thiazole rings is 1. The number of halogens is 1. The van der Waals surface area contributed by atoms with E-state index >= 15 is 0 Å². The first-order chi connectivity index (χ1) is 15.8.